The average Bonchev–Trinajstić information content (AvgIpc) is 2.69. The predicted octanol–water partition coefficient (Wildman–Crippen LogP) is 4.23. The SMILES string of the molecule is COC(CSc1ccc2cc(Cc3ccc(C(=O)O)cc3)ccc2n1)OC. The van der Waals surface area contributed by atoms with E-state index in [-0.39, 0.29) is 6.29 Å². The number of carboxylic acid groups (broad SMARTS) is 1. The molecule has 0 aliphatic heterocycles. The Balaban J connectivity index is 1.71. The van der Waals surface area contributed by atoms with E-state index in [0.29, 0.717) is 11.3 Å². The van der Waals surface area contributed by atoms with E-state index in [1.165, 1.54) is 0 Å². The first-order chi connectivity index (χ1) is 13.1. The lowest BCUT2D eigenvalue weighted by Crippen LogP contribution is -2.15. The van der Waals surface area contributed by atoms with E-state index >= 15 is 0 Å². The van der Waals surface area contributed by atoms with Crippen molar-refractivity contribution in [2.24, 2.45) is 0 Å². The number of hydrogen-bond donors (Lipinski definition) is 1. The third-order valence-corrected chi connectivity index (χ3v) is 5.19. The van der Waals surface area contributed by atoms with Gasteiger partial charge in [0.2, 0.25) is 0 Å². The van der Waals surface area contributed by atoms with Gasteiger partial charge in [-0.2, -0.15) is 0 Å². The molecule has 3 aromatic rings. The van der Waals surface area contributed by atoms with Crippen molar-refractivity contribution in [1.82, 2.24) is 4.98 Å². The minimum atomic E-state index is -0.908. The Bertz CT molecular complexity index is 923. The molecule has 140 valence electrons. The van der Waals surface area contributed by atoms with E-state index < -0.39 is 5.97 Å². The first-order valence-electron chi connectivity index (χ1n) is 8.49. The molecule has 27 heavy (non-hydrogen) atoms. The van der Waals surface area contributed by atoms with Crippen molar-refractivity contribution in [3.63, 3.8) is 0 Å². The van der Waals surface area contributed by atoms with E-state index in [9.17, 15) is 4.79 Å². The summed E-state index contributed by atoms with van der Waals surface area (Å²) in [6.07, 6.45) is 0.498. The van der Waals surface area contributed by atoms with Gasteiger partial charge in [-0.05, 0) is 47.9 Å². The number of carbonyl (C=O) groups is 1. The summed E-state index contributed by atoms with van der Waals surface area (Å²) in [6, 6.07) is 17.2. The van der Waals surface area contributed by atoms with Crippen LogP contribution in [0.1, 0.15) is 21.5 Å². The molecule has 0 radical (unpaired) electrons. The molecule has 0 spiro atoms. The lowest BCUT2D eigenvalue weighted by molar-refractivity contribution is -0.0842. The maximum atomic E-state index is 10.9. The van der Waals surface area contributed by atoms with Gasteiger partial charge in [0.25, 0.3) is 0 Å². The van der Waals surface area contributed by atoms with Crippen molar-refractivity contribution in [2.45, 2.75) is 17.7 Å². The van der Waals surface area contributed by atoms with Crippen LogP contribution in [0.15, 0.2) is 59.6 Å². The molecule has 0 aliphatic rings. The minimum Gasteiger partial charge on any atom is -0.478 e. The molecular weight excluding hydrogens is 362 g/mol. The lowest BCUT2D eigenvalue weighted by atomic mass is 10.0. The molecule has 0 unspecified atom stereocenters. The van der Waals surface area contributed by atoms with E-state index in [2.05, 4.69) is 23.2 Å². The fourth-order valence-corrected chi connectivity index (χ4v) is 3.64. The van der Waals surface area contributed by atoms with Gasteiger partial charge < -0.3 is 14.6 Å². The van der Waals surface area contributed by atoms with E-state index in [0.717, 1.165) is 33.5 Å². The quantitative estimate of drug-likeness (QED) is 0.464. The Morgan fingerprint density at radius 1 is 1.04 bits per heavy atom. The van der Waals surface area contributed by atoms with Gasteiger partial charge in [0, 0.05) is 19.6 Å². The number of ether oxygens (including phenoxy) is 2. The summed E-state index contributed by atoms with van der Waals surface area (Å²) in [6.45, 7) is 0. The van der Waals surface area contributed by atoms with Crippen molar-refractivity contribution >= 4 is 28.6 Å². The molecule has 0 saturated carbocycles. The molecular formula is C21H21NO4S. The topological polar surface area (TPSA) is 68.7 Å². The molecule has 1 N–H and O–H groups in total. The van der Waals surface area contributed by atoms with Gasteiger partial charge >= 0.3 is 5.97 Å². The Labute approximate surface area is 162 Å². The van der Waals surface area contributed by atoms with Gasteiger partial charge in [-0.1, -0.05) is 24.3 Å². The Hall–Kier alpha value is -2.41. The largest absolute Gasteiger partial charge is 0.478 e. The highest BCUT2D eigenvalue weighted by Gasteiger charge is 2.08. The van der Waals surface area contributed by atoms with Gasteiger partial charge in [0.15, 0.2) is 6.29 Å². The molecule has 6 heteroatoms. The van der Waals surface area contributed by atoms with Gasteiger partial charge in [0.05, 0.1) is 21.9 Å². The third-order valence-electron chi connectivity index (χ3n) is 4.23. The number of aromatic nitrogens is 1. The Morgan fingerprint density at radius 3 is 2.41 bits per heavy atom. The predicted molar refractivity (Wildman–Crippen MR) is 106 cm³/mol. The highest BCUT2D eigenvalue weighted by atomic mass is 32.2. The molecule has 0 saturated heterocycles. The second kappa shape index (κ2) is 8.99. The number of rotatable bonds is 8. The van der Waals surface area contributed by atoms with Crippen LogP contribution in [0, 0.1) is 0 Å². The van der Waals surface area contributed by atoms with Crippen LogP contribution in [0.3, 0.4) is 0 Å². The number of benzene rings is 2. The monoisotopic (exact) mass is 383 g/mol. The second-order valence-corrected chi connectivity index (χ2v) is 7.11. The van der Waals surface area contributed by atoms with Crippen molar-refractivity contribution in [1.29, 1.82) is 0 Å². The number of pyridine rings is 1. The van der Waals surface area contributed by atoms with Crippen LogP contribution in [-0.4, -0.2) is 42.3 Å². The number of hydrogen-bond acceptors (Lipinski definition) is 5. The van der Waals surface area contributed by atoms with E-state index in [4.69, 9.17) is 14.6 Å². The zero-order chi connectivity index (χ0) is 19.2. The van der Waals surface area contributed by atoms with Crippen LogP contribution in [0.2, 0.25) is 0 Å². The molecule has 1 aromatic heterocycles. The van der Waals surface area contributed by atoms with Crippen LogP contribution in [0.5, 0.6) is 0 Å². The van der Waals surface area contributed by atoms with E-state index in [1.54, 1.807) is 38.1 Å². The minimum absolute atomic E-state index is 0.248. The number of carboxylic acids is 1. The maximum absolute atomic E-state index is 10.9. The van der Waals surface area contributed by atoms with Crippen molar-refractivity contribution in [3.05, 3.63) is 71.3 Å². The number of methoxy groups -OCH3 is 2. The second-order valence-electron chi connectivity index (χ2n) is 6.07. The average molecular weight is 383 g/mol. The molecule has 3 rings (SSSR count). The highest BCUT2D eigenvalue weighted by molar-refractivity contribution is 7.99. The number of aromatic carboxylic acids is 1. The van der Waals surface area contributed by atoms with Crippen molar-refractivity contribution < 1.29 is 19.4 Å². The Kier molecular flexibility index (Phi) is 6.45. The molecule has 1 heterocycles. The molecule has 0 aliphatic carbocycles. The molecule has 2 aromatic carbocycles. The zero-order valence-electron chi connectivity index (χ0n) is 15.2. The summed E-state index contributed by atoms with van der Waals surface area (Å²) in [5.74, 6) is -0.232. The highest BCUT2D eigenvalue weighted by Crippen LogP contribution is 2.23. The van der Waals surface area contributed by atoms with Crippen LogP contribution in [-0.2, 0) is 15.9 Å². The number of nitrogens with zero attached hydrogens (tertiary/aromatic N) is 1. The van der Waals surface area contributed by atoms with Gasteiger partial charge in [-0.15, -0.1) is 11.8 Å². The molecule has 0 fully saturated rings. The van der Waals surface area contributed by atoms with Crippen LogP contribution in [0.25, 0.3) is 10.9 Å². The van der Waals surface area contributed by atoms with Crippen LogP contribution < -0.4 is 0 Å². The summed E-state index contributed by atoms with van der Waals surface area (Å²) in [4.78, 5) is 15.6. The first-order valence-corrected chi connectivity index (χ1v) is 9.48. The summed E-state index contributed by atoms with van der Waals surface area (Å²) >= 11 is 1.59. The fourth-order valence-electron chi connectivity index (χ4n) is 2.73. The Morgan fingerprint density at radius 2 is 1.74 bits per heavy atom. The number of fused-ring (bicyclic) bond motifs is 1. The first kappa shape index (κ1) is 19.4. The smallest absolute Gasteiger partial charge is 0.335 e. The van der Waals surface area contributed by atoms with Gasteiger partial charge in [-0.25, -0.2) is 9.78 Å². The van der Waals surface area contributed by atoms with Crippen molar-refractivity contribution in [2.75, 3.05) is 20.0 Å². The fraction of sp³-hybridized carbons (Fsp3) is 0.238. The van der Waals surface area contributed by atoms with E-state index in [1.807, 2.05) is 24.3 Å². The zero-order valence-corrected chi connectivity index (χ0v) is 16.0. The van der Waals surface area contributed by atoms with Gasteiger partial charge in [-0.3, -0.25) is 0 Å². The van der Waals surface area contributed by atoms with Crippen LogP contribution in [0.4, 0.5) is 0 Å². The summed E-state index contributed by atoms with van der Waals surface area (Å²) < 4.78 is 10.4. The van der Waals surface area contributed by atoms with Crippen molar-refractivity contribution in [3.8, 4) is 0 Å². The molecule has 0 atom stereocenters. The summed E-state index contributed by atoms with van der Waals surface area (Å²) in [5.41, 5.74) is 3.48. The number of thioether (sulfide) groups is 1. The van der Waals surface area contributed by atoms with Crippen LogP contribution >= 0.6 is 11.8 Å². The molecule has 0 amide bonds. The third kappa shape index (κ3) is 5.07. The van der Waals surface area contributed by atoms with Gasteiger partial charge in [0.1, 0.15) is 0 Å². The summed E-state index contributed by atoms with van der Waals surface area (Å²) in [5, 5.41) is 11.0. The normalized spacial score (nSPS) is 11.2. The maximum Gasteiger partial charge on any atom is 0.335 e. The summed E-state index contributed by atoms with van der Waals surface area (Å²) in [7, 11) is 3.25. The lowest BCUT2D eigenvalue weighted by Gasteiger charge is -2.12. The molecule has 0 bridgehead atoms. The molecule has 5 nitrogen and oxygen atoms in total. The standard InChI is InChI=1S/C21H21NO4S/c1-25-20(26-2)13-27-19-10-8-17-12-15(5-9-18(17)22-19)11-14-3-6-16(7-4-14)21(23)24/h3-10,12,20H,11,13H2,1-2H3,(H,23,24).